The Bertz CT molecular complexity index is 390. The fourth-order valence-corrected chi connectivity index (χ4v) is 3.48. The van der Waals surface area contributed by atoms with E-state index in [0.717, 1.165) is 25.7 Å². The molecule has 1 N–H and O–H groups in total. The van der Waals surface area contributed by atoms with E-state index >= 15 is 0 Å². The molecule has 1 saturated heterocycles. The first-order valence-corrected chi connectivity index (χ1v) is 9.31. The van der Waals surface area contributed by atoms with E-state index in [9.17, 15) is 9.59 Å². The number of ether oxygens (including phenoxy) is 1. The Morgan fingerprint density at radius 1 is 1.04 bits per heavy atom. The summed E-state index contributed by atoms with van der Waals surface area (Å²) < 4.78 is 5.30. The van der Waals surface area contributed by atoms with E-state index in [0.29, 0.717) is 19.1 Å². The molecule has 1 aliphatic carbocycles. The van der Waals surface area contributed by atoms with E-state index < -0.39 is 0 Å². The summed E-state index contributed by atoms with van der Waals surface area (Å²) in [4.78, 5) is 26.4. The van der Waals surface area contributed by atoms with Crippen molar-refractivity contribution >= 4 is 12.0 Å². The summed E-state index contributed by atoms with van der Waals surface area (Å²) in [7, 11) is 0. The number of nitrogens with zero attached hydrogens (tertiary/aromatic N) is 1. The molecule has 0 unspecified atom stereocenters. The molecule has 0 aromatic rings. The van der Waals surface area contributed by atoms with Crippen molar-refractivity contribution < 1.29 is 14.3 Å². The van der Waals surface area contributed by atoms with Gasteiger partial charge < -0.3 is 10.1 Å². The summed E-state index contributed by atoms with van der Waals surface area (Å²) in [6.45, 7) is 5.05. The molecule has 2 rings (SSSR count). The van der Waals surface area contributed by atoms with Crippen LogP contribution in [0.5, 0.6) is 0 Å². The predicted molar refractivity (Wildman–Crippen MR) is 90.2 cm³/mol. The predicted octanol–water partition coefficient (Wildman–Crippen LogP) is 3.47. The van der Waals surface area contributed by atoms with Crippen molar-refractivity contribution in [3.05, 3.63) is 0 Å². The lowest BCUT2D eigenvalue weighted by Crippen LogP contribution is -2.49. The molecular weight excluding hydrogens is 292 g/mol. The van der Waals surface area contributed by atoms with Crippen LogP contribution in [0.25, 0.3) is 0 Å². The van der Waals surface area contributed by atoms with E-state index in [-0.39, 0.29) is 24.1 Å². The normalized spacial score (nSPS) is 23.4. The molecule has 2 aliphatic rings. The number of hydrogen-bond donors (Lipinski definition) is 1. The fourth-order valence-electron chi connectivity index (χ4n) is 3.48. The summed E-state index contributed by atoms with van der Waals surface area (Å²) >= 11 is 0. The van der Waals surface area contributed by atoms with Crippen molar-refractivity contribution in [1.29, 1.82) is 0 Å². The number of hydrogen-bond acceptors (Lipinski definition) is 3. The van der Waals surface area contributed by atoms with E-state index in [2.05, 4.69) is 5.32 Å². The van der Waals surface area contributed by atoms with Crippen molar-refractivity contribution in [1.82, 2.24) is 10.2 Å². The van der Waals surface area contributed by atoms with Crippen LogP contribution in [-0.2, 0) is 9.53 Å². The van der Waals surface area contributed by atoms with Crippen LogP contribution in [0.1, 0.15) is 71.6 Å². The van der Waals surface area contributed by atoms with Crippen molar-refractivity contribution in [3.63, 3.8) is 0 Å². The first kappa shape index (κ1) is 18.1. The van der Waals surface area contributed by atoms with Gasteiger partial charge in [-0.3, -0.25) is 9.69 Å². The summed E-state index contributed by atoms with van der Waals surface area (Å²) in [6.07, 6.45) is 9.65. The zero-order valence-corrected chi connectivity index (χ0v) is 14.7. The highest BCUT2D eigenvalue weighted by atomic mass is 16.6. The average molecular weight is 324 g/mol. The standard InChI is InChI=1S/C18H32N2O3/c1-14(2)13-23-18(22)20-12-8-11-16(20)17(21)19-15-9-6-4-3-5-7-10-15/h14-16H,3-13H2,1-2H3,(H,19,21)/t16-/m1/s1. The van der Waals surface area contributed by atoms with Gasteiger partial charge in [0.25, 0.3) is 0 Å². The van der Waals surface area contributed by atoms with Crippen LogP contribution >= 0.6 is 0 Å². The third-order valence-corrected chi connectivity index (χ3v) is 4.78. The minimum Gasteiger partial charge on any atom is -0.449 e. The largest absolute Gasteiger partial charge is 0.449 e. The van der Waals surface area contributed by atoms with Crippen LogP contribution in [0, 0.1) is 5.92 Å². The highest BCUT2D eigenvalue weighted by molar-refractivity contribution is 5.86. The second-order valence-electron chi connectivity index (χ2n) is 7.37. The average Bonchev–Trinajstić information content (AvgIpc) is 2.97. The third-order valence-electron chi connectivity index (χ3n) is 4.78. The van der Waals surface area contributed by atoms with Gasteiger partial charge in [-0.05, 0) is 31.6 Å². The topological polar surface area (TPSA) is 58.6 Å². The number of amides is 2. The Balaban J connectivity index is 1.85. The molecule has 0 spiro atoms. The molecule has 1 heterocycles. The molecule has 5 nitrogen and oxygen atoms in total. The summed E-state index contributed by atoms with van der Waals surface area (Å²) in [5.74, 6) is 0.318. The summed E-state index contributed by atoms with van der Waals surface area (Å²) in [6, 6.07) is -0.0722. The van der Waals surface area contributed by atoms with Crippen molar-refractivity contribution in [2.45, 2.75) is 83.7 Å². The number of carbonyl (C=O) groups excluding carboxylic acids is 2. The minimum absolute atomic E-state index is 0.00886. The van der Waals surface area contributed by atoms with Gasteiger partial charge in [-0.1, -0.05) is 46.0 Å². The molecule has 23 heavy (non-hydrogen) atoms. The molecule has 2 amide bonds. The second-order valence-corrected chi connectivity index (χ2v) is 7.37. The van der Waals surface area contributed by atoms with Gasteiger partial charge in [-0.15, -0.1) is 0 Å². The molecule has 132 valence electrons. The zero-order chi connectivity index (χ0) is 16.7. The van der Waals surface area contributed by atoms with Gasteiger partial charge in [0.2, 0.25) is 5.91 Å². The van der Waals surface area contributed by atoms with Crippen molar-refractivity contribution in [3.8, 4) is 0 Å². The lowest BCUT2D eigenvalue weighted by Gasteiger charge is -2.27. The molecule has 0 aromatic carbocycles. The van der Waals surface area contributed by atoms with Gasteiger partial charge >= 0.3 is 6.09 Å². The first-order valence-electron chi connectivity index (χ1n) is 9.31. The second kappa shape index (κ2) is 9.14. The van der Waals surface area contributed by atoms with Gasteiger partial charge in [-0.25, -0.2) is 4.79 Å². The Hall–Kier alpha value is -1.26. The van der Waals surface area contributed by atoms with Gasteiger partial charge in [0.05, 0.1) is 6.61 Å². The van der Waals surface area contributed by atoms with Crippen LogP contribution in [-0.4, -0.2) is 42.1 Å². The summed E-state index contributed by atoms with van der Waals surface area (Å²) in [5.41, 5.74) is 0. The number of likely N-dealkylation sites (tertiary alicyclic amines) is 1. The van der Waals surface area contributed by atoms with Crippen LogP contribution < -0.4 is 5.32 Å². The molecule has 1 saturated carbocycles. The number of nitrogens with one attached hydrogen (secondary N) is 1. The van der Waals surface area contributed by atoms with Gasteiger partial charge in [-0.2, -0.15) is 0 Å². The lowest BCUT2D eigenvalue weighted by atomic mass is 9.96. The summed E-state index contributed by atoms with van der Waals surface area (Å²) in [5, 5.41) is 3.19. The maximum Gasteiger partial charge on any atom is 0.410 e. The van der Waals surface area contributed by atoms with E-state index in [1.807, 2.05) is 13.8 Å². The van der Waals surface area contributed by atoms with Gasteiger partial charge in [0.15, 0.2) is 0 Å². The lowest BCUT2D eigenvalue weighted by molar-refractivity contribution is -0.126. The monoisotopic (exact) mass is 324 g/mol. The fraction of sp³-hybridized carbons (Fsp3) is 0.889. The maximum atomic E-state index is 12.6. The number of rotatable bonds is 4. The van der Waals surface area contributed by atoms with Gasteiger partial charge in [0, 0.05) is 12.6 Å². The first-order chi connectivity index (χ1) is 11.1. The molecule has 0 bridgehead atoms. The highest BCUT2D eigenvalue weighted by Crippen LogP contribution is 2.21. The molecule has 5 heteroatoms. The molecule has 1 atom stereocenters. The van der Waals surface area contributed by atoms with Crippen LogP contribution in [0.3, 0.4) is 0 Å². The Morgan fingerprint density at radius 2 is 1.70 bits per heavy atom. The molecule has 1 aliphatic heterocycles. The quantitative estimate of drug-likeness (QED) is 0.861. The molecule has 2 fully saturated rings. The number of carbonyl (C=O) groups is 2. The van der Waals surface area contributed by atoms with Crippen LogP contribution in [0.2, 0.25) is 0 Å². The zero-order valence-electron chi connectivity index (χ0n) is 14.7. The highest BCUT2D eigenvalue weighted by Gasteiger charge is 2.35. The third kappa shape index (κ3) is 5.70. The maximum absolute atomic E-state index is 12.6. The Labute approximate surface area is 140 Å². The van der Waals surface area contributed by atoms with Crippen molar-refractivity contribution in [2.75, 3.05) is 13.2 Å². The van der Waals surface area contributed by atoms with Crippen molar-refractivity contribution in [2.24, 2.45) is 5.92 Å². The van der Waals surface area contributed by atoms with E-state index in [4.69, 9.17) is 4.74 Å². The molecule has 0 aromatic heterocycles. The van der Waals surface area contributed by atoms with Crippen LogP contribution in [0.4, 0.5) is 4.79 Å². The minimum atomic E-state index is -0.347. The smallest absolute Gasteiger partial charge is 0.410 e. The Morgan fingerprint density at radius 3 is 2.35 bits per heavy atom. The van der Waals surface area contributed by atoms with Gasteiger partial charge in [0.1, 0.15) is 6.04 Å². The van der Waals surface area contributed by atoms with E-state index in [1.165, 1.54) is 32.1 Å². The Kier molecular flexibility index (Phi) is 7.18. The molecule has 0 radical (unpaired) electrons. The molecular formula is C18H32N2O3. The van der Waals surface area contributed by atoms with E-state index in [1.54, 1.807) is 4.90 Å². The van der Waals surface area contributed by atoms with Crippen LogP contribution in [0.15, 0.2) is 0 Å². The SMILES string of the molecule is CC(C)COC(=O)N1CCC[C@@H]1C(=O)NC1CCCCCCC1.